The highest BCUT2D eigenvalue weighted by Crippen LogP contribution is 2.28. The largest absolute Gasteiger partial charge is 0.497 e. The van der Waals surface area contributed by atoms with Crippen molar-refractivity contribution < 1.29 is 23.8 Å². The van der Waals surface area contributed by atoms with Crippen LogP contribution in [-0.2, 0) is 16.0 Å². The van der Waals surface area contributed by atoms with Crippen LogP contribution in [0.2, 0.25) is 10.0 Å². The molecule has 0 bridgehead atoms. The maximum Gasteiger partial charge on any atom is 0.262 e. The zero-order valence-electron chi connectivity index (χ0n) is 20.5. The minimum atomic E-state index is -0.936. The van der Waals surface area contributed by atoms with Gasteiger partial charge in [-0.1, -0.05) is 53.5 Å². The Hall–Kier alpha value is -3.75. The van der Waals surface area contributed by atoms with E-state index < -0.39 is 24.0 Å². The lowest BCUT2D eigenvalue weighted by Gasteiger charge is -2.21. The van der Waals surface area contributed by atoms with Crippen LogP contribution in [0.4, 0.5) is 0 Å². The number of amides is 2. The molecule has 3 rings (SSSR count). The van der Waals surface area contributed by atoms with Gasteiger partial charge in [-0.15, -0.1) is 0 Å². The molecule has 0 aromatic heterocycles. The number of hydrazone groups is 1. The van der Waals surface area contributed by atoms with E-state index in [0.717, 1.165) is 5.56 Å². The van der Waals surface area contributed by atoms with Gasteiger partial charge in [0.2, 0.25) is 0 Å². The van der Waals surface area contributed by atoms with E-state index >= 15 is 0 Å². The van der Waals surface area contributed by atoms with Gasteiger partial charge in [-0.3, -0.25) is 9.59 Å². The molecule has 3 aromatic carbocycles. The molecule has 10 heteroatoms. The van der Waals surface area contributed by atoms with Gasteiger partial charge in [-0.2, -0.15) is 5.10 Å². The molecule has 8 nitrogen and oxygen atoms in total. The molecule has 194 valence electrons. The molecule has 2 N–H and O–H groups in total. The Bertz CT molecular complexity index is 1250. The third-order valence-corrected chi connectivity index (χ3v) is 5.83. The summed E-state index contributed by atoms with van der Waals surface area (Å²) in [6.07, 6.45) is 0.744. The van der Waals surface area contributed by atoms with Gasteiger partial charge in [0.15, 0.2) is 6.10 Å². The van der Waals surface area contributed by atoms with E-state index in [1.807, 2.05) is 30.3 Å². The standard InChI is InChI=1S/C27H27Cl2N3O5/c1-17(37-25-11-9-20(28)15-22(25)29)26(33)31-23(13-18-7-5-4-6-8-18)27(34)32-30-16-19-14-21(35-2)10-12-24(19)36-3/h4-12,14-17,23H,13H2,1-3H3,(H,31,33)(H,32,34)/b30-16-/t17-,23-/m1/s1. The number of nitrogens with one attached hydrogen (secondary N) is 2. The third kappa shape index (κ3) is 8.13. The minimum Gasteiger partial charge on any atom is -0.497 e. The molecule has 0 radical (unpaired) electrons. The molecule has 0 unspecified atom stereocenters. The molecule has 0 aliphatic heterocycles. The van der Waals surface area contributed by atoms with Crippen LogP contribution in [0, 0.1) is 0 Å². The number of nitrogens with zero attached hydrogens (tertiary/aromatic N) is 1. The minimum absolute atomic E-state index is 0.241. The van der Waals surface area contributed by atoms with Gasteiger partial charge in [0.25, 0.3) is 11.8 Å². The Balaban J connectivity index is 1.72. The molecule has 0 saturated carbocycles. The highest BCUT2D eigenvalue weighted by Gasteiger charge is 2.25. The van der Waals surface area contributed by atoms with Gasteiger partial charge in [-0.05, 0) is 48.9 Å². The highest BCUT2D eigenvalue weighted by atomic mass is 35.5. The van der Waals surface area contributed by atoms with Crippen molar-refractivity contribution >= 4 is 41.2 Å². The maximum absolute atomic E-state index is 13.1. The van der Waals surface area contributed by atoms with Crippen molar-refractivity contribution in [2.45, 2.75) is 25.5 Å². The second-order valence-corrected chi connectivity index (χ2v) is 8.77. The topological polar surface area (TPSA) is 98.3 Å². The first-order valence-corrected chi connectivity index (χ1v) is 12.1. The van der Waals surface area contributed by atoms with Gasteiger partial charge in [-0.25, -0.2) is 5.43 Å². The van der Waals surface area contributed by atoms with Gasteiger partial charge < -0.3 is 19.5 Å². The number of hydrogen-bond acceptors (Lipinski definition) is 6. The highest BCUT2D eigenvalue weighted by molar-refractivity contribution is 6.35. The van der Waals surface area contributed by atoms with E-state index in [2.05, 4.69) is 15.8 Å². The molecule has 3 aromatic rings. The Labute approximate surface area is 225 Å². The fourth-order valence-corrected chi connectivity index (χ4v) is 3.80. The number of hydrogen-bond donors (Lipinski definition) is 2. The van der Waals surface area contributed by atoms with Crippen LogP contribution in [0.25, 0.3) is 0 Å². The monoisotopic (exact) mass is 543 g/mol. The van der Waals surface area contributed by atoms with Crippen LogP contribution < -0.4 is 25.0 Å². The van der Waals surface area contributed by atoms with Crippen LogP contribution in [-0.4, -0.2) is 44.4 Å². The maximum atomic E-state index is 13.1. The second-order valence-electron chi connectivity index (χ2n) is 7.93. The summed E-state index contributed by atoms with van der Waals surface area (Å²) < 4.78 is 16.2. The lowest BCUT2D eigenvalue weighted by Crippen LogP contribution is -2.50. The van der Waals surface area contributed by atoms with E-state index in [1.54, 1.807) is 44.4 Å². The van der Waals surface area contributed by atoms with Gasteiger partial charge in [0, 0.05) is 17.0 Å². The van der Waals surface area contributed by atoms with Crippen molar-refractivity contribution in [2.75, 3.05) is 14.2 Å². The average molecular weight is 544 g/mol. The first kappa shape index (κ1) is 27.8. The van der Waals surface area contributed by atoms with Gasteiger partial charge >= 0.3 is 0 Å². The number of rotatable bonds is 11. The van der Waals surface area contributed by atoms with E-state index in [0.29, 0.717) is 27.8 Å². The van der Waals surface area contributed by atoms with Crippen molar-refractivity contribution in [2.24, 2.45) is 5.10 Å². The second kappa shape index (κ2) is 13.5. The fraction of sp³-hybridized carbons (Fsp3) is 0.222. The van der Waals surface area contributed by atoms with Crippen molar-refractivity contribution in [3.63, 3.8) is 0 Å². The molecule has 0 aliphatic carbocycles. The Morgan fingerprint density at radius 3 is 2.35 bits per heavy atom. The lowest BCUT2D eigenvalue weighted by atomic mass is 10.1. The van der Waals surface area contributed by atoms with Crippen LogP contribution >= 0.6 is 23.2 Å². The summed E-state index contributed by atoms with van der Waals surface area (Å²) in [4.78, 5) is 26.0. The molecular formula is C27H27Cl2N3O5. The summed E-state index contributed by atoms with van der Waals surface area (Å²) in [5.41, 5.74) is 3.95. The molecule has 2 atom stereocenters. The number of benzene rings is 3. The van der Waals surface area contributed by atoms with Crippen LogP contribution in [0.3, 0.4) is 0 Å². The molecule has 0 heterocycles. The molecular weight excluding hydrogens is 517 g/mol. The SMILES string of the molecule is COc1ccc(OC)c(/C=N\NC(=O)[C@@H](Cc2ccccc2)NC(=O)[C@@H](C)Oc2ccc(Cl)cc2Cl)c1. The summed E-state index contributed by atoms with van der Waals surface area (Å²) in [6.45, 7) is 1.56. The number of carbonyl (C=O) groups excluding carboxylic acids is 2. The van der Waals surface area contributed by atoms with Crippen molar-refractivity contribution in [3.05, 3.63) is 87.9 Å². The molecule has 0 fully saturated rings. The number of halogens is 2. The summed E-state index contributed by atoms with van der Waals surface area (Å²) in [7, 11) is 3.08. The van der Waals surface area contributed by atoms with Crippen LogP contribution in [0.15, 0.2) is 71.8 Å². The zero-order valence-corrected chi connectivity index (χ0v) is 22.0. The van der Waals surface area contributed by atoms with Crippen molar-refractivity contribution in [1.82, 2.24) is 10.7 Å². The van der Waals surface area contributed by atoms with Crippen LogP contribution in [0.1, 0.15) is 18.1 Å². The Kier molecular flexibility index (Phi) is 10.2. The quantitative estimate of drug-likeness (QED) is 0.271. The molecule has 0 aliphatic rings. The first-order valence-electron chi connectivity index (χ1n) is 11.3. The molecule has 0 spiro atoms. The summed E-state index contributed by atoms with van der Waals surface area (Å²) in [5, 5.41) is 7.51. The third-order valence-electron chi connectivity index (χ3n) is 5.30. The van der Waals surface area contributed by atoms with E-state index in [9.17, 15) is 9.59 Å². The van der Waals surface area contributed by atoms with Crippen molar-refractivity contribution in [3.8, 4) is 17.2 Å². The molecule has 37 heavy (non-hydrogen) atoms. The Morgan fingerprint density at radius 1 is 0.946 bits per heavy atom. The Morgan fingerprint density at radius 2 is 1.68 bits per heavy atom. The number of carbonyl (C=O) groups is 2. The van der Waals surface area contributed by atoms with Gasteiger partial charge in [0.05, 0.1) is 25.5 Å². The summed E-state index contributed by atoms with van der Waals surface area (Å²) in [5.74, 6) is 0.458. The predicted octanol–water partition coefficient (Wildman–Crippen LogP) is 4.66. The van der Waals surface area contributed by atoms with Gasteiger partial charge in [0.1, 0.15) is 23.3 Å². The van der Waals surface area contributed by atoms with E-state index in [4.69, 9.17) is 37.4 Å². The molecule has 2 amide bonds. The van der Waals surface area contributed by atoms with E-state index in [1.165, 1.54) is 19.4 Å². The zero-order chi connectivity index (χ0) is 26.8. The number of ether oxygens (including phenoxy) is 3. The molecule has 0 saturated heterocycles. The summed E-state index contributed by atoms with van der Waals surface area (Å²) >= 11 is 12.1. The van der Waals surface area contributed by atoms with Crippen LogP contribution in [0.5, 0.6) is 17.2 Å². The predicted molar refractivity (Wildman–Crippen MR) is 144 cm³/mol. The first-order chi connectivity index (χ1) is 17.8. The van der Waals surface area contributed by atoms with Crippen molar-refractivity contribution in [1.29, 1.82) is 0 Å². The smallest absolute Gasteiger partial charge is 0.262 e. The number of methoxy groups -OCH3 is 2. The summed E-state index contributed by atoms with van der Waals surface area (Å²) in [6, 6.07) is 18.3. The normalized spacial score (nSPS) is 12.5. The lowest BCUT2D eigenvalue weighted by molar-refractivity contribution is -0.132. The fourth-order valence-electron chi connectivity index (χ4n) is 3.35. The van der Waals surface area contributed by atoms with E-state index in [-0.39, 0.29) is 11.4 Å². The average Bonchev–Trinajstić information content (AvgIpc) is 2.90.